The lowest BCUT2D eigenvalue weighted by Gasteiger charge is -2.18. The third-order valence-electron chi connectivity index (χ3n) is 2.90. The van der Waals surface area contributed by atoms with Gasteiger partial charge in [-0.15, -0.1) is 0 Å². The summed E-state index contributed by atoms with van der Waals surface area (Å²) < 4.78 is 35.5. The van der Waals surface area contributed by atoms with Crippen LogP contribution in [0.1, 0.15) is 26.3 Å². The molecule has 0 saturated carbocycles. The first-order valence-electron chi connectivity index (χ1n) is 6.55. The quantitative estimate of drug-likeness (QED) is 0.847. The van der Waals surface area contributed by atoms with Crippen LogP contribution in [0.15, 0.2) is 30.3 Å². The Labute approximate surface area is 125 Å². The molecule has 6 heteroatoms. The average Bonchev–Trinajstić information content (AvgIpc) is 2.36. The minimum absolute atomic E-state index is 0.0617. The van der Waals surface area contributed by atoms with Crippen LogP contribution in [-0.2, 0) is 14.6 Å². The Kier molecular flexibility index (Phi) is 5.66. The van der Waals surface area contributed by atoms with Gasteiger partial charge >= 0.3 is 0 Å². The van der Waals surface area contributed by atoms with Crippen LogP contribution in [0.25, 0.3) is 6.08 Å². The molecule has 116 valence electrons. The number of amides is 1. The molecule has 0 spiro atoms. The second-order valence-electron chi connectivity index (χ2n) is 5.61. The van der Waals surface area contributed by atoms with Crippen molar-refractivity contribution in [3.63, 3.8) is 0 Å². The molecule has 1 rings (SSSR count). The smallest absolute Gasteiger partial charge is 0.244 e. The number of halogens is 1. The zero-order chi connectivity index (χ0) is 16.1. The molecule has 0 atom stereocenters. The molecule has 1 amide bonds. The number of rotatable bonds is 5. The Bertz CT molecular complexity index is 613. The van der Waals surface area contributed by atoms with E-state index in [4.69, 9.17) is 0 Å². The van der Waals surface area contributed by atoms with Gasteiger partial charge in [-0.25, -0.2) is 12.8 Å². The van der Waals surface area contributed by atoms with Crippen molar-refractivity contribution >= 4 is 21.8 Å². The average molecular weight is 313 g/mol. The number of carbonyl (C=O) groups is 1. The fourth-order valence-corrected chi connectivity index (χ4v) is 2.40. The van der Waals surface area contributed by atoms with E-state index in [1.165, 1.54) is 24.3 Å². The van der Waals surface area contributed by atoms with Crippen molar-refractivity contribution in [3.8, 4) is 0 Å². The molecule has 0 unspecified atom stereocenters. The van der Waals surface area contributed by atoms with Crippen LogP contribution in [0.2, 0.25) is 0 Å². The number of hydrogen-bond acceptors (Lipinski definition) is 3. The number of sulfone groups is 1. The van der Waals surface area contributed by atoms with Crippen LogP contribution in [0.5, 0.6) is 0 Å². The van der Waals surface area contributed by atoms with E-state index in [1.54, 1.807) is 32.9 Å². The number of hydrogen-bond donors (Lipinski definition) is 1. The molecule has 0 aliphatic heterocycles. The summed E-state index contributed by atoms with van der Waals surface area (Å²) in [7, 11) is -3.25. The Hall–Kier alpha value is -1.69. The maximum absolute atomic E-state index is 12.7. The molecule has 0 radical (unpaired) electrons. The first-order valence-corrected chi connectivity index (χ1v) is 8.21. The predicted molar refractivity (Wildman–Crippen MR) is 82.0 cm³/mol. The van der Waals surface area contributed by atoms with Crippen molar-refractivity contribution in [3.05, 3.63) is 41.7 Å². The SMILES string of the molecule is CC(C)(C)S(=O)(=O)CCNC(=O)/C=C/c1ccc(F)cc1. The van der Waals surface area contributed by atoms with Gasteiger partial charge in [0.25, 0.3) is 0 Å². The molecular formula is C15H20FNO3S. The van der Waals surface area contributed by atoms with Crippen molar-refractivity contribution in [2.45, 2.75) is 25.5 Å². The fraction of sp³-hybridized carbons (Fsp3) is 0.400. The van der Waals surface area contributed by atoms with E-state index >= 15 is 0 Å². The Morgan fingerprint density at radius 3 is 2.33 bits per heavy atom. The van der Waals surface area contributed by atoms with Crippen LogP contribution in [0, 0.1) is 5.82 Å². The lowest BCUT2D eigenvalue weighted by Crippen LogP contribution is -2.36. The van der Waals surface area contributed by atoms with Crippen LogP contribution >= 0.6 is 0 Å². The molecular weight excluding hydrogens is 293 g/mol. The van der Waals surface area contributed by atoms with Crippen LogP contribution in [0.4, 0.5) is 4.39 Å². The molecule has 0 aliphatic rings. The zero-order valence-corrected chi connectivity index (χ0v) is 13.2. The van der Waals surface area contributed by atoms with Gasteiger partial charge in [0, 0.05) is 12.6 Å². The van der Waals surface area contributed by atoms with E-state index in [0.717, 1.165) is 0 Å². The van der Waals surface area contributed by atoms with Gasteiger partial charge in [-0.3, -0.25) is 4.79 Å². The summed E-state index contributed by atoms with van der Waals surface area (Å²) in [4.78, 5) is 11.6. The number of benzene rings is 1. The van der Waals surface area contributed by atoms with Gasteiger partial charge < -0.3 is 5.32 Å². The Morgan fingerprint density at radius 2 is 1.81 bits per heavy atom. The monoisotopic (exact) mass is 313 g/mol. The predicted octanol–water partition coefficient (Wildman–Crippen LogP) is 2.17. The third kappa shape index (κ3) is 5.67. The summed E-state index contributed by atoms with van der Waals surface area (Å²) in [6, 6.07) is 5.69. The molecule has 0 aromatic heterocycles. The topological polar surface area (TPSA) is 63.2 Å². The molecule has 0 bridgehead atoms. The molecule has 0 saturated heterocycles. The van der Waals surface area contributed by atoms with E-state index < -0.39 is 14.6 Å². The lowest BCUT2D eigenvalue weighted by molar-refractivity contribution is -0.116. The van der Waals surface area contributed by atoms with Gasteiger partial charge in [-0.05, 0) is 44.5 Å². The van der Waals surface area contributed by atoms with Crippen molar-refractivity contribution in [2.24, 2.45) is 0 Å². The van der Waals surface area contributed by atoms with Crippen LogP contribution in [0.3, 0.4) is 0 Å². The second-order valence-corrected chi connectivity index (χ2v) is 8.47. The van der Waals surface area contributed by atoms with Gasteiger partial charge in [0.05, 0.1) is 10.5 Å². The minimum atomic E-state index is -3.25. The molecule has 0 fully saturated rings. The zero-order valence-electron chi connectivity index (χ0n) is 12.4. The molecule has 0 heterocycles. The van der Waals surface area contributed by atoms with E-state index in [9.17, 15) is 17.6 Å². The van der Waals surface area contributed by atoms with Crippen LogP contribution in [-0.4, -0.2) is 31.4 Å². The molecule has 0 aliphatic carbocycles. The van der Waals surface area contributed by atoms with Crippen LogP contribution < -0.4 is 5.32 Å². The first-order chi connectivity index (χ1) is 9.62. The van der Waals surface area contributed by atoms with Gasteiger partial charge in [0.15, 0.2) is 9.84 Å². The van der Waals surface area contributed by atoms with Gasteiger partial charge in [-0.1, -0.05) is 12.1 Å². The van der Waals surface area contributed by atoms with Gasteiger partial charge in [0.2, 0.25) is 5.91 Å². The molecule has 1 N–H and O–H groups in total. The number of nitrogens with one attached hydrogen (secondary N) is 1. The van der Waals surface area contributed by atoms with Crippen molar-refractivity contribution in [1.29, 1.82) is 0 Å². The highest BCUT2D eigenvalue weighted by molar-refractivity contribution is 7.92. The van der Waals surface area contributed by atoms with Crippen molar-refractivity contribution < 1.29 is 17.6 Å². The maximum atomic E-state index is 12.7. The highest BCUT2D eigenvalue weighted by atomic mass is 32.2. The minimum Gasteiger partial charge on any atom is -0.352 e. The largest absolute Gasteiger partial charge is 0.352 e. The molecule has 1 aromatic rings. The fourth-order valence-electron chi connectivity index (χ4n) is 1.42. The lowest BCUT2D eigenvalue weighted by atomic mass is 10.2. The summed E-state index contributed by atoms with van der Waals surface area (Å²) in [6.45, 7) is 4.93. The normalized spacial score (nSPS) is 12.6. The van der Waals surface area contributed by atoms with Gasteiger partial charge in [0.1, 0.15) is 5.82 Å². The van der Waals surface area contributed by atoms with E-state index in [1.807, 2.05) is 0 Å². The molecule has 21 heavy (non-hydrogen) atoms. The summed E-state index contributed by atoms with van der Waals surface area (Å²) >= 11 is 0. The van der Waals surface area contributed by atoms with E-state index in [0.29, 0.717) is 5.56 Å². The second kappa shape index (κ2) is 6.85. The van der Waals surface area contributed by atoms with E-state index in [-0.39, 0.29) is 24.0 Å². The Balaban J connectivity index is 2.47. The van der Waals surface area contributed by atoms with Crippen molar-refractivity contribution in [2.75, 3.05) is 12.3 Å². The summed E-state index contributed by atoms with van der Waals surface area (Å²) in [5.74, 6) is -0.834. The molecule has 1 aromatic carbocycles. The summed E-state index contributed by atoms with van der Waals surface area (Å²) in [5.41, 5.74) is 0.689. The third-order valence-corrected chi connectivity index (χ3v) is 5.51. The summed E-state index contributed by atoms with van der Waals surface area (Å²) in [6.07, 6.45) is 2.82. The highest BCUT2D eigenvalue weighted by Gasteiger charge is 2.28. The van der Waals surface area contributed by atoms with Gasteiger partial charge in [-0.2, -0.15) is 0 Å². The standard InChI is InChI=1S/C15H20FNO3S/c1-15(2,3)21(19,20)11-10-17-14(18)9-6-12-4-7-13(16)8-5-12/h4-9H,10-11H2,1-3H3,(H,17,18)/b9-6+. The maximum Gasteiger partial charge on any atom is 0.244 e. The Morgan fingerprint density at radius 1 is 1.24 bits per heavy atom. The highest BCUT2D eigenvalue weighted by Crippen LogP contribution is 2.15. The number of carbonyl (C=O) groups excluding carboxylic acids is 1. The van der Waals surface area contributed by atoms with Crippen molar-refractivity contribution in [1.82, 2.24) is 5.32 Å². The first kappa shape index (κ1) is 17.4. The molecule has 4 nitrogen and oxygen atoms in total. The van der Waals surface area contributed by atoms with E-state index in [2.05, 4.69) is 5.32 Å². The summed E-state index contributed by atoms with van der Waals surface area (Å²) in [5, 5.41) is 2.51.